The van der Waals surface area contributed by atoms with E-state index < -0.39 is 0 Å². The topological polar surface area (TPSA) is 106 Å². The van der Waals surface area contributed by atoms with Crippen LogP contribution in [0.25, 0.3) is 16.5 Å². The molecule has 0 radical (unpaired) electrons. The van der Waals surface area contributed by atoms with Crippen molar-refractivity contribution in [3.8, 4) is 17.3 Å². The first kappa shape index (κ1) is 30.7. The number of nitrogens with zero attached hydrogens (tertiary/aromatic N) is 4. The summed E-state index contributed by atoms with van der Waals surface area (Å²) in [5.74, 6) is 1.99. The number of urea groups is 1. The summed E-state index contributed by atoms with van der Waals surface area (Å²) in [4.78, 5) is 22.2. The third kappa shape index (κ3) is 7.10. The number of benzene rings is 4. The fourth-order valence-electron chi connectivity index (χ4n) is 4.68. The lowest BCUT2D eigenvalue weighted by Crippen LogP contribution is -2.21. The summed E-state index contributed by atoms with van der Waals surface area (Å²) in [6, 6.07) is 32.3. The minimum atomic E-state index is -0.384. The Kier molecular flexibility index (Phi) is 8.81. The highest BCUT2D eigenvalue weighted by Gasteiger charge is 2.22. The van der Waals surface area contributed by atoms with Crippen LogP contribution >= 0.6 is 0 Å². The SMILES string of the molecule is C.Cc1ccc(-n2nc(C(C)(C)C)cc2NC(=O)Nc2ccc(Oc3ccnc(Nc4ccccc4)n3)c3ccccc23)cc1. The van der Waals surface area contributed by atoms with E-state index in [1.54, 1.807) is 16.9 Å². The van der Waals surface area contributed by atoms with Crippen molar-refractivity contribution in [3.05, 3.63) is 121 Å². The lowest BCUT2D eigenvalue weighted by atomic mass is 9.92. The van der Waals surface area contributed by atoms with E-state index in [0.29, 0.717) is 29.1 Å². The number of carbonyl (C=O) groups excluding carboxylic acids is 1. The largest absolute Gasteiger partial charge is 0.438 e. The van der Waals surface area contributed by atoms with E-state index in [1.165, 1.54) is 0 Å². The predicted octanol–water partition coefficient (Wildman–Crippen LogP) is 9.24. The molecule has 0 aliphatic rings. The monoisotopic (exact) mass is 599 g/mol. The third-order valence-corrected chi connectivity index (χ3v) is 7.00. The number of amides is 2. The number of fused-ring (bicyclic) bond motifs is 1. The molecule has 0 aliphatic heterocycles. The zero-order chi connectivity index (χ0) is 30.7. The molecular weight excluding hydrogens is 562 g/mol. The fourth-order valence-corrected chi connectivity index (χ4v) is 4.68. The van der Waals surface area contributed by atoms with E-state index >= 15 is 0 Å². The smallest absolute Gasteiger partial charge is 0.324 e. The van der Waals surface area contributed by atoms with Gasteiger partial charge in [-0.2, -0.15) is 10.1 Å². The number of ether oxygens (including phenoxy) is 1. The zero-order valence-corrected chi connectivity index (χ0v) is 25.0. The first-order valence-electron chi connectivity index (χ1n) is 14.3. The number of nitrogens with one attached hydrogen (secondary N) is 3. The number of rotatable bonds is 7. The van der Waals surface area contributed by atoms with Gasteiger partial charge in [0.15, 0.2) is 0 Å². The van der Waals surface area contributed by atoms with E-state index in [4.69, 9.17) is 9.84 Å². The minimum Gasteiger partial charge on any atom is -0.438 e. The molecule has 2 heterocycles. The molecule has 6 rings (SSSR count). The van der Waals surface area contributed by atoms with Crippen LogP contribution in [-0.2, 0) is 5.41 Å². The Hall–Kier alpha value is -5.70. The molecule has 6 aromatic rings. The maximum Gasteiger partial charge on any atom is 0.324 e. The molecule has 0 unspecified atom stereocenters. The van der Waals surface area contributed by atoms with Crippen molar-refractivity contribution in [2.75, 3.05) is 16.0 Å². The molecule has 0 spiro atoms. The van der Waals surface area contributed by atoms with Crippen molar-refractivity contribution >= 4 is 39.9 Å². The number of aryl methyl sites for hydroxylation is 1. The predicted molar refractivity (Wildman–Crippen MR) is 182 cm³/mol. The number of anilines is 4. The molecule has 9 heteroatoms. The highest BCUT2D eigenvalue weighted by molar-refractivity contribution is 6.07. The normalized spacial score (nSPS) is 11.0. The standard InChI is InChI=1S/C35H33N7O2.CH4/c1-23-14-16-25(17-15-23)42-31(22-30(41-42)35(2,3)4)39-34(43)38-28-18-19-29(27-13-9-8-12-26(27)28)44-32-20-21-36-33(40-32)37-24-10-6-5-7-11-24;/h5-22H,1-4H3,(H,36,37,40)(H2,38,39,43);1H4. The Balaban J connectivity index is 0.00000400. The summed E-state index contributed by atoms with van der Waals surface area (Å²) in [5.41, 5.74) is 4.19. The maximum atomic E-state index is 13.4. The average molecular weight is 600 g/mol. The van der Waals surface area contributed by atoms with Crippen molar-refractivity contribution in [3.63, 3.8) is 0 Å². The second-order valence-corrected chi connectivity index (χ2v) is 11.5. The van der Waals surface area contributed by atoms with Crippen LogP contribution in [0.1, 0.15) is 39.5 Å². The van der Waals surface area contributed by atoms with Crippen LogP contribution in [0.3, 0.4) is 0 Å². The van der Waals surface area contributed by atoms with Gasteiger partial charge in [-0.15, -0.1) is 0 Å². The highest BCUT2D eigenvalue weighted by Crippen LogP contribution is 2.34. The lowest BCUT2D eigenvalue weighted by molar-refractivity contribution is 0.262. The van der Waals surface area contributed by atoms with Crippen LogP contribution in [0.4, 0.5) is 27.9 Å². The Labute approximate surface area is 263 Å². The molecule has 0 atom stereocenters. The van der Waals surface area contributed by atoms with E-state index in [0.717, 1.165) is 33.4 Å². The van der Waals surface area contributed by atoms with E-state index in [2.05, 4.69) is 46.7 Å². The van der Waals surface area contributed by atoms with Gasteiger partial charge in [0.25, 0.3) is 0 Å². The molecule has 4 aromatic carbocycles. The summed E-state index contributed by atoms with van der Waals surface area (Å²) >= 11 is 0. The van der Waals surface area contributed by atoms with Gasteiger partial charge < -0.3 is 15.4 Å². The van der Waals surface area contributed by atoms with Crippen LogP contribution in [0.15, 0.2) is 109 Å². The number of carbonyl (C=O) groups is 1. The van der Waals surface area contributed by atoms with Crippen LogP contribution in [0.2, 0.25) is 0 Å². The van der Waals surface area contributed by atoms with Gasteiger partial charge >= 0.3 is 6.03 Å². The Bertz CT molecular complexity index is 1930. The third-order valence-electron chi connectivity index (χ3n) is 7.00. The van der Waals surface area contributed by atoms with Gasteiger partial charge in [0, 0.05) is 40.2 Å². The minimum absolute atomic E-state index is 0. The zero-order valence-electron chi connectivity index (χ0n) is 25.0. The molecule has 2 aromatic heterocycles. The van der Waals surface area contributed by atoms with Gasteiger partial charge in [-0.3, -0.25) is 5.32 Å². The van der Waals surface area contributed by atoms with Crippen LogP contribution in [0, 0.1) is 6.92 Å². The number of aromatic nitrogens is 4. The summed E-state index contributed by atoms with van der Waals surface area (Å²) in [6.45, 7) is 8.32. The maximum absolute atomic E-state index is 13.4. The van der Waals surface area contributed by atoms with Gasteiger partial charge in [0.1, 0.15) is 11.6 Å². The summed E-state index contributed by atoms with van der Waals surface area (Å²) in [6.07, 6.45) is 1.64. The molecule has 0 fully saturated rings. The van der Waals surface area contributed by atoms with Crippen molar-refractivity contribution in [2.24, 2.45) is 0 Å². The summed E-state index contributed by atoms with van der Waals surface area (Å²) in [7, 11) is 0. The fraction of sp³-hybridized carbons (Fsp3) is 0.167. The molecule has 45 heavy (non-hydrogen) atoms. The van der Waals surface area contributed by atoms with Gasteiger partial charge in [-0.25, -0.2) is 14.5 Å². The molecule has 0 aliphatic carbocycles. The molecule has 0 saturated heterocycles. The van der Waals surface area contributed by atoms with Gasteiger partial charge in [-0.05, 0) is 43.3 Å². The van der Waals surface area contributed by atoms with E-state index in [-0.39, 0.29) is 18.9 Å². The van der Waals surface area contributed by atoms with Crippen molar-refractivity contribution in [2.45, 2.75) is 40.5 Å². The highest BCUT2D eigenvalue weighted by atomic mass is 16.5. The summed E-state index contributed by atoms with van der Waals surface area (Å²) in [5, 5.41) is 15.7. The summed E-state index contributed by atoms with van der Waals surface area (Å²) < 4.78 is 7.96. The molecule has 0 bridgehead atoms. The van der Waals surface area contributed by atoms with Crippen molar-refractivity contribution < 1.29 is 9.53 Å². The molecule has 9 nitrogen and oxygen atoms in total. The molecule has 228 valence electrons. The van der Waals surface area contributed by atoms with Gasteiger partial charge in [0.05, 0.1) is 17.1 Å². The van der Waals surface area contributed by atoms with Crippen LogP contribution in [0.5, 0.6) is 11.6 Å². The van der Waals surface area contributed by atoms with Gasteiger partial charge in [-0.1, -0.05) is 88.4 Å². The van der Waals surface area contributed by atoms with Crippen molar-refractivity contribution in [1.29, 1.82) is 0 Å². The Morgan fingerprint density at radius 2 is 1.53 bits per heavy atom. The Morgan fingerprint density at radius 1 is 0.822 bits per heavy atom. The average Bonchev–Trinajstić information content (AvgIpc) is 3.44. The quantitative estimate of drug-likeness (QED) is 0.169. The van der Waals surface area contributed by atoms with E-state index in [9.17, 15) is 4.79 Å². The second kappa shape index (κ2) is 12.9. The van der Waals surface area contributed by atoms with Crippen LogP contribution in [-0.4, -0.2) is 25.8 Å². The molecule has 3 N–H and O–H groups in total. The number of hydrogen-bond acceptors (Lipinski definition) is 6. The first-order chi connectivity index (χ1) is 21.2. The molecule has 0 saturated carbocycles. The molecule has 2 amide bonds. The number of para-hydroxylation sites is 1. The van der Waals surface area contributed by atoms with Gasteiger partial charge in [0.2, 0.25) is 11.8 Å². The van der Waals surface area contributed by atoms with Crippen LogP contribution < -0.4 is 20.7 Å². The van der Waals surface area contributed by atoms with E-state index in [1.807, 2.05) is 104 Å². The van der Waals surface area contributed by atoms with Crippen molar-refractivity contribution in [1.82, 2.24) is 19.7 Å². The second-order valence-electron chi connectivity index (χ2n) is 11.5. The lowest BCUT2D eigenvalue weighted by Gasteiger charge is -2.14. The number of hydrogen-bond donors (Lipinski definition) is 3. The molecular formula is C36H37N7O2. The Morgan fingerprint density at radius 3 is 2.27 bits per heavy atom. The first-order valence-corrected chi connectivity index (χ1v) is 14.3.